The molecule has 178 valence electrons. The van der Waals surface area contributed by atoms with E-state index >= 15 is 0 Å². The summed E-state index contributed by atoms with van der Waals surface area (Å²) in [5, 5.41) is 4.03. The molecule has 6 nitrogen and oxygen atoms in total. The van der Waals surface area contributed by atoms with Gasteiger partial charge < -0.3 is 9.47 Å². The van der Waals surface area contributed by atoms with Gasteiger partial charge in [0.15, 0.2) is 0 Å². The Bertz CT molecular complexity index is 1350. The smallest absolute Gasteiger partial charge is 0.336 e. The number of rotatable bonds is 9. The molecule has 4 aromatic rings. The van der Waals surface area contributed by atoms with E-state index in [1.807, 2.05) is 66.7 Å². The van der Waals surface area contributed by atoms with Gasteiger partial charge in [-0.25, -0.2) is 10.2 Å². The number of esters is 1. The zero-order valence-corrected chi connectivity index (χ0v) is 19.4. The van der Waals surface area contributed by atoms with Gasteiger partial charge in [0.05, 0.1) is 11.8 Å². The second-order valence-corrected chi connectivity index (χ2v) is 7.70. The van der Waals surface area contributed by atoms with E-state index in [2.05, 4.69) is 10.5 Å². The molecule has 0 radical (unpaired) electrons. The average Bonchev–Trinajstić information content (AvgIpc) is 2.93. The number of carbonyl (C=O) groups is 2. The lowest BCUT2D eigenvalue weighted by Crippen LogP contribution is -2.18. The van der Waals surface area contributed by atoms with Gasteiger partial charge in [-0.05, 0) is 59.2 Å². The van der Waals surface area contributed by atoms with Gasteiger partial charge in [0.25, 0.3) is 5.91 Å². The van der Waals surface area contributed by atoms with Crippen LogP contribution in [0.15, 0.2) is 120 Å². The summed E-state index contributed by atoms with van der Waals surface area (Å²) in [4.78, 5) is 24.7. The summed E-state index contributed by atoms with van der Waals surface area (Å²) in [5.41, 5.74) is 5.55. The third-order valence-corrected chi connectivity index (χ3v) is 5.06. The minimum Gasteiger partial charge on any atom is -0.488 e. The summed E-state index contributed by atoms with van der Waals surface area (Å²) in [6, 6.07) is 33.0. The van der Waals surface area contributed by atoms with Crippen molar-refractivity contribution in [2.24, 2.45) is 5.10 Å². The minimum atomic E-state index is -0.472. The Morgan fingerprint density at radius 3 is 2.17 bits per heavy atom. The van der Waals surface area contributed by atoms with Crippen molar-refractivity contribution in [3.63, 3.8) is 0 Å². The van der Waals surface area contributed by atoms with Crippen LogP contribution in [0.4, 0.5) is 0 Å². The second kappa shape index (κ2) is 12.5. The summed E-state index contributed by atoms with van der Waals surface area (Å²) in [7, 11) is 0. The van der Waals surface area contributed by atoms with E-state index in [-0.39, 0.29) is 5.91 Å². The molecule has 0 aliphatic heterocycles. The van der Waals surface area contributed by atoms with Crippen molar-refractivity contribution in [3.05, 3.63) is 138 Å². The van der Waals surface area contributed by atoms with Gasteiger partial charge in [0, 0.05) is 6.08 Å². The molecule has 0 spiro atoms. The highest BCUT2D eigenvalue weighted by Gasteiger charge is 2.11. The molecule has 0 fully saturated rings. The number of benzene rings is 4. The lowest BCUT2D eigenvalue weighted by molar-refractivity contribution is -0.128. The van der Waals surface area contributed by atoms with Crippen molar-refractivity contribution in [1.82, 2.24) is 5.43 Å². The van der Waals surface area contributed by atoms with Crippen LogP contribution < -0.4 is 14.9 Å². The number of para-hydroxylation sites is 1. The molecular weight excluding hydrogens is 452 g/mol. The Hall–Kier alpha value is -4.97. The van der Waals surface area contributed by atoms with E-state index in [0.29, 0.717) is 23.7 Å². The fourth-order valence-electron chi connectivity index (χ4n) is 3.24. The van der Waals surface area contributed by atoms with Crippen molar-refractivity contribution in [3.8, 4) is 11.5 Å². The standard InChI is InChI=1S/C30H24N2O4/c33-29(20-17-23-9-3-1-4-10-23)36-26-18-15-24(16-19-26)21-31-32-30(34)27-13-7-8-14-28(27)35-22-25-11-5-2-6-12-25/h1-21H,22H2,(H,32,34). The molecule has 0 aliphatic rings. The maximum Gasteiger partial charge on any atom is 0.336 e. The van der Waals surface area contributed by atoms with Crippen LogP contribution in [-0.4, -0.2) is 18.1 Å². The first-order chi connectivity index (χ1) is 17.7. The molecule has 0 atom stereocenters. The lowest BCUT2D eigenvalue weighted by Gasteiger charge is -2.10. The molecule has 0 heterocycles. The summed E-state index contributed by atoms with van der Waals surface area (Å²) >= 11 is 0. The molecule has 0 aliphatic carbocycles. The van der Waals surface area contributed by atoms with Crippen molar-refractivity contribution in [2.75, 3.05) is 0 Å². The molecule has 36 heavy (non-hydrogen) atoms. The van der Waals surface area contributed by atoms with Crippen molar-refractivity contribution < 1.29 is 19.1 Å². The van der Waals surface area contributed by atoms with E-state index in [9.17, 15) is 9.59 Å². The monoisotopic (exact) mass is 476 g/mol. The van der Waals surface area contributed by atoms with E-state index in [1.165, 1.54) is 12.3 Å². The number of nitrogens with one attached hydrogen (secondary N) is 1. The van der Waals surface area contributed by atoms with E-state index in [0.717, 1.165) is 16.7 Å². The van der Waals surface area contributed by atoms with Gasteiger partial charge in [-0.3, -0.25) is 4.79 Å². The number of amides is 1. The Balaban J connectivity index is 1.29. The largest absolute Gasteiger partial charge is 0.488 e. The van der Waals surface area contributed by atoms with Crippen LogP contribution >= 0.6 is 0 Å². The van der Waals surface area contributed by atoms with Gasteiger partial charge in [0.2, 0.25) is 0 Å². The van der Waals surface area contributed by atoms with Crippen LogP contribution in [0, 0.1) is 0 Å². The molecule has 4 aromatic carbocycles. The second-order valence-electron chi connectivity index (χ2n) is 7.70. The SMILES string of the molecule is O=C(C=Cc1ccccc1)Oc1ccc(C=NNC(=O)c2ccccc2OCc2ccccc2)cc1. The molecule has 1 N–H and O–H groups in total. The van der Waals surface area contributed by atoms with Crippen molar-refractivity contribution in [1.29, 1.82) is 0 Å². The third-order valence-electron chi connectivity index (χ3n) is 5.06. The first-order valence-electron chi connectivity index (χ1n) is 11.3. The highest BCUT2D eigenvalue weighted by atomic mass is 16.5. The lowest BCUT2D eigenvalue weighted by atomic mass is 10.2. The van der Waals surface area contributed by atoms with Crippen LogP contribution in [-0.2, 0) is 11.4 Å². The fraction of sp³-hybridized carbons (Fsp3) is 0.0333. The molecule has 0 unspecified atom stereocenters. The predicted octanol–water partition coefficient (Wildman–Crippen LogP) is 5.65. The number of hydrogen-bond donors (Lipinski definition) is 1. The Labute approximate surface area is 209 Å². The quantitative estimate of drug-likeness (QED) is 0.111. The van der Waals surface area contributed by atoms with Crippen LogP contribution in [0.1, 0.15) is 27.0 Å². The molecule has 0 saturated carbocycles. The average molecular weight is 477 g/mol. The van der Waals surface area contributed by atoms with Gasteiger partial charge in [0.1, 0.15) is 18.1 Å². The molecule has 6 heteroatoms. The number of carbonyl (C=O) groups excluding carboxylic acids is 2. The van der Waals surface area contributed by atoms with Crippen LogP contribution in [0.2, 0.25) is 0 Å². The maximum absolute atomic E-state index is 12.6. The highest BCUT2D eigenvalue weighted by Crippen LogP contribution is 2.19. The first kappa shape index (κ1) is 24.2. The molecule has 0 bridgehead atoms. The molecule has 0 saturated heterocycles. The third kappa shape index (κ3) is 7.27. The fourth-order valence-corrected chi connectivity index (χ4v) is 3.24. The van der Waals surface area contributed by atoms with Crippen LogP contribution in [0.5, 0.6) is 11.5 Å². The zero-order valence-electron chi connectivity index (χ0n) is 19.4. The van der Waals surface area contributed by atoms with Gasteiger partial charge in [-0.15, -0.1) is 0 Å². The maximum atomic E-state index is 12.6. The predicted molar refractivity (Wildman–Crippen MR) is 140 cm³/mol. The molecular formula is C30H24N2O4. The minimum absolute atomic E-state index is 0.355. The van der Waals surface area contributed by atoms with Crippen molar-refractivity contribution >= 4 is 24.2 Å². The molecule has 4 rings (SSSR count). The number of hydrogen-bond acceptors (Lipinski definition) is 5. The molecule has 1 amide bonds. The highest BCUT2D eigenvalue weighted by molar-refractivity contribution is 5.97. The van der Waals surface area contributed by atoms with Gasteiger partial charge in [-0.2, -0.15) is 5.10 Å². The summed E-state index contributed by atoms with van der Waals surface area (Å²) in [5.74, 6) is 0.0243. The van der Waals surface area contributed by atoms with Gasteiger partial charge >= 0.3 is 5.97 Å². The summed E-state index contributed by atoms with van der Waals surface area (Å²) in [6.07, 6.45) is 4.57. The Morgan fingerprint density at radius 2 is 1.42 bits per heavy atom. The van der Waals surface area contributed by atoms with Gasteiger partial charge in [-0.1, -0.05) is 72.8 Å². The topological polar surface area (TPSA) is 77.0 Å². The number of ether oxygens (including phenoxy) is 2. The Kier molecular flexibility index (Phi) is 8.38. The van der Waals surface area contributed by atoms with Crippen LogP contribution in [0.3, 0.4) is 0 Å². The molecule has 0 aromatic heterocycles. The summed E-state index contributed by atoms with van der Waals surface area (Å²) < 4.78 is 11.1. The van der Waals surface area contributed by atoms with Crippen LogP contribution in [0.25, 0.3) is 6.08 Å². The first-order valence-corrected chi connectivity index (χ1v) is 11.3. The number of nitrogens with zero attached hydrogens (tertiary/aromatic N) is 1. The number of hydrazone groups is 1. The summed E-state index contributed by atoms with van der Waals surface area (Å²) in [6.45, 7) is 0.355. The normalized spacial score (nSPS) is 10.9. The van der Waals surface area contributed by atoms with E-state index in [1.54, 1.807) is 48.5 Å². The Morgan fingerprint density at radius 1 is 0.750 bits per heavy atom. The zero-order chi connectivity index (χ0) is 25.0. The van der Waals surface area contributed by atoms with E-state index < -0.39 is 5.97 Å². The van der Waals surface area contributed by atoms with E-state index in [4.69, 9.17) is 9.47 Å². The van der Waals surface area contributed by atoms with Crippen molar-refractivity contribution in [2.45, 2.75) is 6.61 Å².